The van der Waals surface area contributed by atoms with E-state index in [1.54, 1.807) is 26.0 Å². The van der Waals surface area contributed by atoms with Gasteiger partial charge in [0.2, 0.25) is 11.7 Å². The number of carbonyl (C=O) groups is 1. The molecule has 1 heterocycles. The Hall–Kier alpha value is -3.14. The number of ether oxygens (including phenoxy) is 1. The summed E-state index contributed by atoms with van der Waals surface area (Å²) in [6.45, 7) is 6.11. The van der Waals surface area contributed by atoms with Gasteiger partial charge in [-0.25, -0.2) is 4.39 Å². The van der Waals surface area contributed by atoms with Gasteiger partial charge >= 0.3 is 0 Å². The Kier molecular flexibility index (Phi) is 5.46. The molecular formula is C19H19FN2O4. The molecule has 0 aliphatic carbocycles. The third kappa shape index (κ3) is 3.31. The number of benzene rings is 1. The molecular weight excluding hydrogens is 339 g/mol. The average molecular weight is 358 g/mol. The minimum absolute atomic E-state index is 0.0703. The van der Waals surface area contributed by atoms with Crippen molar-refractivity contribution in [2.24, 2.45) is 0 Å². The molecule has 0 saturated carbocycles. The summed E-state index contributed by atoms with van der Waals surface area (Å²) in [5, 5.41) is 19.8. The van der Waals surface area contributed by atoms with Gasteiger partial charge in [0.15, 0.2) is 17.7 Å². The summed E-state index contributed by atoms with van der Waals surface area (Å²) in [4.78, 5) is 25.2. The SMILES string of the molecule is Cc1c(C(=O)C(C)Oc2ccccc2F)c(O)n(C(C)C)c(=O)c1C#N. The van der Waals surface area contributed by atoms with Gasteiger partial charge in [0, 0.05) is 6.04 Å². The lowest BCUT2D eigenvalue weighted by atomic mass is 9.98. The lowest BCUT2D eigenvalue weighted by Gasteiger charge is -2.20. The fourth-order valence-electron chi connectivity index (χ4n) is 2.68. The molecule has 1 unspecified atom stereocenters. The maximum Gasteiger partial charge on any atom is 0.271 e. The van der Waals surface area contributed by atoms with Crippen LogP contribution in [0.25, 0.3) is 0 Å². The quantitative estimate of drug-likeness (QED) is 0.829. The number of rotatable bonds is 5. The van der Waals surface area contributed by atoms with Crippen molar-refractivity contribution in [1.82, 2.24) is 4.57 Å². The van der Waals surface area contributed by atoms with E-state index in [-0.39, 0.29) is 22.4 Å². The van der Waals surface area contributed by atoms with Crippen LogP contribution in [-0.2, 0) is 0 Å². The number of nitriles is 1. The fraction of sp³-hybridized carbons (Fsp3) is 0.316. The minimum atomic E-state index is -1.14. The van der Waals surface area contributed by atoms with Crippen LogP contribution in [-0.4, -0.2) is 21.6 Å². The molecule has 26 heavy (non-hydrogen) atoms. The number of aromatic nitrogens is 1. The molecule has 2 aromatic rings. The fourth-order valence-corrected chi connectivity index (χ4v) is 2.68. The summed E-state index contributed by atoms with van der Waals surface area (Å²) < 4.78 is 20.1. The first-order valence-corrected chi connectivity index (χ1v) is 8.04. The summed E-state index contributed by atoms with van der Waals surface area (Å²) in [5.74, 6) is -1.93. The summed E-state index contributed by atoms with van der Waals surface area (Å²) in [6, 6.07) is 6.94. The number of ketones is 1. The monoisotopic (exact) mass is 358 g/mol. The first kappa shape index (κ1) is 19.2. The molecule has 1 N–H and O–H groups in total. The van der Waals surface area contributed by atoms with Gasteiger partial charge in [-0.05, 0) is 45.4 Å². The van der Waals surface area contributed by atoms with E-state index in [1.807, 2.05) is 0 Å². The Bertz CT molecular complexity index is 957. The Morgan fingerprint density at radius 1 is 1.31 bits per heavy atom. The summed E-state index contributed by atoms with van der Waals surface area (Å²) >= 11 is 0. The van der Waals surface area contributed by atoms with Crippen molar-refractivity contribution in [3.8, 4) is 17.7 Å². The number of pyridine rings is 1. The van der Waals surface area contributed by atoms with Crippen LogP contribution in [0.1, 0.15) is 48.3 Å². The molecule has 0 amide bonds. The standard InChI is InChI=1S/C19H19FN2O4/c1-10(2)22-18(24)13(9-21)11(3)16(19(22)25)17(23)12(4)26-15-8-6-5-7-14(15)20/h5-8,10,12,25H,1-4H3. The van der Waals surface area contributed by atoms with E-state index in [1.165, 1.54) is 32.0 Å². The number of Topliss-reactive ketones (excluding diaryl/α,β-unsaturated/α-hetero) is 1. The summed E-state index contributed by atoms with van der Waals surface area (Å²) in [7, 11) is 0. The molecule has 0 bridgehead atoms. The Morgan fingerprint density at radius 3 is 2.46 bits per heavy atom. The van der Waals surface area contributed by atoms with Gasteiger partial charge in [-0.2, -0.15) is 5.26 Å². The number of halogens is 1. The average Bonchev–Trinajstić information content (AvgIpc) is 2.56. The van der Waals surface area contributed by atoms with Crippen LogP contribution < -0.4 is 10.3 Å². The summed E-state index contributed by atoms with van der Waals surface area (Å²) in [5.41, 5.74) is -1.01. The first-order chi connectivity index (χ1) is 12.2. The molecule has 2 rings (SSSR count). The molecule has 0 spiro atoms. The molecule has 1 aromatic heterocycles. The van der Waals surface area contributed by atoms with E-state index in [9.17, 15) is 24.3 Å². The zero-order valence-corrected chi connectivity index (χ0v) is 14.9. The number of hydrogen-bond acceptors (Lipinski definition) is 5. The Morgan fingerprint density at radius 2 is 1.92 bits per heavy atom. The molecule has 0 fully saturated rings. The lowest BCUT2D eigenvalue weighted by Crippen LogP contribution is -2.31. The maximum atomic E-state index is 13.7. The van der Waals surface area contributed by atoms with Crippen molar-refractivity contribution in [2.75, 3.05) is 0 Å². The second-order valence-corrected chi connectivity index (χ2v) is 6.13. The van der Waals surface area contributed by atoms with E-state index >= 15 is 0 Å². The van der Waals surface area contributed by atoms with Gasteiger partial charge in [0.25, 0.3) is 5.56 Å². The zero-order valence-electron chi connectivity index (χ0n) is 14.9. The second-order valence-electron chi connectivity index (χ2n) is 6.13. The first-order valence-electron chi connectivity index (χ1n) is 8.04. The molecule has 6 nitrogen and oxygen atoms in total. The van der Waals surface area contributed by atoms with Crippen LogP contribution in [0, 0.1) is 24.1 Å². The second kappa shape index (κ2) is 7.40. The predicted molar refractivity (Wildman–Crippen MR) is 93.0 cm³/mol. The van der Waals surface area contributed by atoms with Crippen LogP contribution >= 0.6 is 0 Å². The molecule has 0 saturated heterocycles. The molecule has 1 aromatic carbocycles. The topological polar surface area (TPSA) is 92.3 Å². The van der Waals surface area contributed by atoms with E-state index in [0.29, 0.717) is 0 Å². The van der Waals surface area contributed by atoms with Gasteiger partial charge in [0.1, 0.15) is 11.6 Å². The molecule has 1 atom stereocenters. The van der Waals surface area contributed by atoms with Crippen LogP contribution in [0.3, 0.4) is 0 Å². The normalized spacial score (nSPS) is 11.9. The molecule has 0 radical (unpaired) electrons. The predicted octanol–water partition coefficient (Wildman–Crippen LogP) is 3.10. The number of hydrogen-bond donors (Lipinski definition) is 1. The Balaban J connectivity index is 2.55. The van der Waals surface area contributed by atoms with Crippen LogP contribution in [0.2, 0.25) is 0 Å². The van der Waals surface area contributed by atoms with Gasteiger partial charge in [-0.3, -0.25) is 14.2 Å². The maximum absolute atomic E-state index is 13.7. The molecule has 0 aliphatic heterocycles. The Labute approximate surface area is 150 Å². The van der Waals surface area contributed by atoms with Crippen LogP contribution in [0.5, 0.6) is 11.6 Å². The van der Waals surface area contributed by atoms with Crippen molar-refractivity contribution in [3.63, 3.8) is 0 Å². The van der Waals surface area contributed by atoms with Gasteiger partial charge in [0.05, 0.1) is 5.56 Å². The van der Waals surface area contributed by atoms with Gasteiger partial charge in [-0.1, -0.05) is 12.1 Å². The molecule has 136 valence electrons. The van der Waals surface area contributed by atoms with E-state index in [2.05, 4.69) is 0 Å². The molecule has 0 aliphatic rings. The highest BCUT2D eigenvalue weighted by Gasteiger charge is 2.29. The van der Waals surface area contributed by atoms with Crippen molar-refractivity contribution in [3.05, 3.63) is 57.1 Å². The smallest absolute Gasteiger partial charge is 0.271 e. The van der Waals surface area contributed by atoms with Crippen molar-refractivity contribution in [2.45, 2.75) is 39.8 Å². The molecule has 7 heteroatoms. The highest BCUT2D eigenvalue weighted by molar-refractivity contribution is 6.03. The largest absolute Gasteiger partial charge is 0.494 e. The van der Waals surface area contributed by atoms with Crippen molar-refractivity contribution in [1.29, 1.82) is 5.26 Å². The third-order valence-electron chi connectivity index (χ3n) is 4.02. The van der Waals surface area contributed by atoms with Gasteiger partial charge < -0.3 is 9.84 Å². The van der Waals surface area contributed by atoms with E-state index < -0.39 is 35.2 Å². The third-order valence-corrected chi connectivity index (χ3v) is 4.02. The highest BCUT2D eigenvalue weighted by Crippen LogP contribution is 2.27. The minimum Gasteiger partial charge on any atom is -0.494 e. The number of nitrogens with zero attached hydrogens (tertiary/aromatic N) is 2. The van der Waals surface area contributed by atoms with Crippen molar-refractivity contribution < 1.29 is 19.0 Å². The lowest BCUT2D eigenvalue weighted by molar-refractivity contribution is 0.0806. The van der Waals surface area contributed by atoms with Crippen LogP contribution in [0.4, 0.5) is 4.39 Å². The van der Waals surface area contributed by atoms with E-state index in [0.717, 1.165) is 4.57 Å². The van der Waals surface area contributed by atoms with Gasteiger partial charge in [-0.15, -0.1) is 0 Å². The highest BCUT2D eigenvalue weighted by atomic mass is 19.1. The number of para-hydroxylation sites is 1. The summed E-state index contributed by atoms with van der Waals surface area (Å²) in [6.07, 6.45) is -1.14. The van der Waals surface area contributed by atoms with Crippen LogP contribution in [0.15, 0.2) is 29.1 Å². The number of carbonyl (C=O) groups excluding carboxylic acids is 1. The zero-order chi connectivity index (χ0) is 19.6. The number of aromatic hydroxyl groups is 1. The van der Waals surface area contributed by atoms with Crippen molar-refractivity contribution >= 4 is 5.78 Å². The van der Waals surface area contributed by atoms with E-state index in [4.69, 9.17) is 4.74 Å².